The molecule has 1 saturated carbocycles. The van der Waals surface area contributed by atoms with Crippen LogP contribution in [0.3, 0.4) is 0 Å². The highest BCUT2D eigenvalue weighted by Gasteiger charge is 2.27. The Hall–Kier alpha value is -1.81. The maximum absolute atomic E-state index is 12.6. The van der Waals surface area contributed by atoms with Gasteiger partial charge in [0.15, 0.2) is 0 Å². The van der Waals surface area contributed by atoms with Crippen LogP contribution >= 0.6 is 0 Å². The molecular weight excluding hydrogens is 276 g/mol. The molecule has 0 aliphatic heterocycles. The first-order chi connectivity index (χ1) is 10.5. The quantitative estimate of drug-likeness (QED) is 0.915. The molecule has 4 nitrogen and oxygen atoms in total. The molecule has 0 bridgehead atoms. The molecule has 0 radical (unpaired) electrons. The summed E-state index contributed by atoms with van der Waals surface area (Å²) >= 11 is 0. The van der Waals surface area contributed by atoms with E-state index in [0.717, 1.165) is 35.9 Å². The predicted octanol–water partition coefficient (Wildman–Crippen LogP) is 3.02. The lowest BCUT2D eigenvalue weighted by Crippen LogP contribution is -2.34. The number of nitrogens with zero attached hydrogens (tertiary/aromatic N) is 1. The molecule has 2 N–H and O–H groups in total. The number of aromatic amines is 1. The molecule has 1 aliphatic carbocycles. The number of aryl methyl sites for hydroxylation is 2. The molecule has 1 aromatic heterocycles. The van der Waals surface area contributed by atoms with E-state index in [1.165, 1.54) is 5.56 Å². The van der Waals surface area contributed by atoms with Crippen LogP contribution in [0.5, 0.6) is 0 Å². The number of aliphatic hydroxyl groups is 1. The van der Waals surface area contributed by atoms with Crippen molar-refractivity contribution in [2.75, 3.05) is 13.6 Å². The zero-order valence-corrected chi connectivity index (χ0v) is 13.5. The van der Waals surface area contributed by atoms with Gasteiger partial charge in [0.05, 0.1) is 6.10 Å². The Balaban J connectivity index is 1.80. The second kappa shape index (κ2) is 5.76. The number of aromatic nitrogens is 1. The molecule has 4 heteroatoms. The highest BCUT2D eigenvalue weighted by molar-refractivity contribution is 5.98. The first-order valence-corrected chi connectivity index (χ1v) is 8.00. The fourth-order valence-corrected chi connectivity index (χ4v) is 3.48. The van der Waals surface area contributed by atoms with Crippen LogP contribution in [0.2, 0.25) is 0 Å². The van der Waals surface area contributed by atoms with E-state index < -0.39 is 0 Å². The number of carbonyl (C=O) groups excluding carboxylic acids is 1. The number of nitrogens with one attached hydrogen (secondary N) is 1. The molecule has 1 aromatic carbocycles. The Labute approximate surface area is 131 Å². The fourth-order valence-electron chi connectivity index (χ4n) is 3.48. The van der Waals surface area contributed by atoms with E-state index in [1.807, 2.05) is 32.2 Å². The zero-order chi connectivity index (χ0) is 15.9. The number of hydrogen-bond donors (Lipinski definition) is 2. The van der Waals surface area contributed by atoms with Crippen LogP contribution in [0.25, 0.3) is 10.9 Å². The van der Waals surface area contributed by atoms with E-state index in [0.29, 0.717) is 12.1 Å². The van der Waals surface area contributed by atoms with Crippen molar-refractivity contribution in [3.8, 4) is 0 Å². The third kappa shape index (κ3) is 2.63. The van der Waals surface area contributed by atoms with Gasteiger partial charge in [0.25, 0.3) is 5.91 Å². The normalized spacial score (nSPS) is 21.5. The van der Waals surface area contributed by atoms with Crippen LogP contribution in [0.4, 0.5) is 0 Å². The number of benzene rings is 1. The standard InChI is InChI=1S/C18H24N2O2/c1-11-12(2)19-16-8-7-13(9-15(11)16)18(22)20(3)10-14-5-4-6-17(14)21/h7-9,14,17,19,21H,4-6,10H2,1-3H3. The molecule has 2 atom stereocenters. The van der Waals surface area contributed by atoms with Crippen molar-refractivity contribution < 1.29 is 9.90 Å². The van der Waals surface area contributed by atoms with E-state index in [4.69, 9.17) is 0 Å². The molecule has 1 amide bonds. The van der Waals surface area contributed by atoms with Crippen molar-refractivity contribution in [1.29, 1.82) is 0 Å². The minimum Gasteiger partial charge on any atom is -0.393 e. The van der Waals surface area contributed by atoms with Crippen molar-refractivity contribution in [2.24, 2.45) is 5.92 Å². The largest absolute Gasteiger partial charge is 0.393 e. The van der Waals surface area contributed by atoms with Gasteiger partial charge in [-0.25, -0.2) is 0 Å². The molecular formula is C18H24N2O2. The fraction of sp³-hybridized carbons (Fsp3) is 0.500. The molecule has 118 valence electrons. The molecule has 1 heterocycles. The Bertz CT molecular complexity index is 704. The van der Waals surface area contributed by atoms with E-state index in [1.54, 1.807) is 4.90 Å². The Morgan fingerprint density at radius 1 is 1.36 bits per heavy atom. The maximum atomic E-state index is 12.6. The average molecular weight is 300 g/mol. The van der Waals surface area contributed by atoms with Crippen molar-refractivity contribution in [1.82, 2.24) is 9.88 Å². The molecule has 2 aromatic rings. The number of amides is 1. The molecule has 1 aliphatic rings. The highest BCUT2D eigenvalue weighted by Crippen LogP contribution is 2.27. The van der Waals surface area contributed by atoms with Crippen LogP contribution < -0.4 is 0 Å². The lowest BCUT2D eigenvalue weighted by Gasteiger charge is -2.23. The van der Waals surface area contributed by atoms with Gasteiger partial charge in [-0.3, -0.25) is 4.79 Å². The number of H-pyrrole nitrogens is 1. The second-order valence-electron chi connectivity index (χ2n) is 6.58. The summed E-state index contributed by atoms with van der Waals surface area (Å²) in [7, 11) is 1.83. The maximum Gasteiger partial charge on any atom is 0.253 e. The SMILES string of the molecule is Cc1[nH]c2ccc(C(=O)N(C)CC3CCCC3O)cc2c1C. The predicted molar refractivity (Wildman–Crippen MR) is 88.1 cm³/mol. The second-order valence-corrected chi connectivity index (χ2v) is 6.58. The number of aliphatic hydroxyl groups excluding tert-OH is 1. The Morgan fingerprint density at radius 2 is 2.14 bits per heavy atom. The van der Waals surface area contributed by atoms with Gasteiger partial charge in [-0.2, -0.15) is 0 Å². The van der Waals surface area contributed by atoms with Crippen LogP contribution in [-0.4, -0.2) is 40.6 Å². The van der Waals surface area contributed by atoms with E-state index in [2.05, 4.69) is 11.9 Å². The molecule has 0 spiro atoms. The van der Waals surface area contributed by atoms with Gasteiger partial charge in [0.2, 0.25) is 0 Å². The number of rotatable bonds is 3. The first-order valence-electron chi connectivity index (χ1n) is 8.00. The summed E-state index contributed by atoms with van der Waals surface area (Å²) in [6.45, 7) is 4.74. The summed E-state index contributed by atoms with van der Waals surface area (Å²) in [6.07, 6.45) is 2.67. The molecule has 0 saturated heterocycles. The zero-order valence-electron chi connectivity index (χ0n) is 13.5. The van der Waals surface area contributed by atoms with Gasteiger partial charge >= 0.3 is 0 Å². The van der Waals surface area contributed by atoms with Gasteiger partial charge < -0.3 is 15.0 Å². The van der Waals surface area contributed by atoms with Gasteiger partial charge in [0.1, 0.15) is 0 Å². The summed E-state index contributed by atoms with van der Waals surface area (Å²) in [4.78, 5) is 17.7. The number of hydrogen-bond acceptors (Lipinski definition) is 2. The summed E-state index contributed by atoms with van der Waals surface area (Å²) in [5.41, 5.74) is 4.12. The monoisotopic (exact) mass is 300 g/mol. The Kier molecular flexibility index (Phi) is 3.96. The van der Waals surface area contributed by atoms with E-state index >= 15 is 0 Å². The number of fused-ring (bicyclic) bond motifs is 1. The minimum absolute atomic E-state index is 0.0271. The molecule has 1 fully saturated rings. The van der Waals surface area contributed by atoms with Crippen LogP contribution in [0, 0.1) is 19.8 Å². The van der Waals surface area contributed by atoms with Crippen molar-refractivity contribution >= 4 is 16.8 Å². The molecule has 2 unspecified atom stereocenters. The van der Waals surface area contributed by atoms with Crippen molar-refractivity contribution in [2.45, 2.75) is 39.2 Å². The Morgan fingerprint density at radius 3 is 2.82 bits per heavy atom. The van der Waals surface area contributed by atoms with Gasteiger partial charge in [-0.1, -0.05) is 6.42 Å². The van der Waals surface area contributed by atoms with E-state index in [-0.39, 0.29) is 17.9 Å². The van der Waals surface area contributed by atoms with Crippen molar-refractivity contribution in [3.05, 3.63) is 35.0 Å². The molecule has 22 heavy (non-hydrogen) atoms. The summed E-state index contributed by atoms with van der Waals surface area (Å²) in [6, 6.07) is 5.82. The third-order valence-electron chi connectivity index (χ3n) is 5.03. The minimum atomic E-state index is -0.257. The summed E-state index contributed by atoms with van der Waals surface area (Å²) in [5, 5.41) is 11.0. The van der Waals surface area contributed by atoms with Crippen LogP contribution in [-0.2, 0) is 0 Å². The van der Waals surface area contributed by atoms with E-state index in [9.17, 15) is 9.90 Å². The molecule has 3 rings (SSSR count). The highest BCUT2D eigenvalue weighted by atomic mass is 16.3. The van der Waals surface area contributed by atoms with Gasteiger partial charge in [-0.05, 0) is 50.5 Å². The topological polar surface area (TPSA) is 56.3 Å². The lowest BCUT2D eigenvalue weighted by molar-refractivity contribution is 0.0693. The average Bonchev–Trinajstić information content (AvgIpc) is 3.02. The first kappa shape index (κ1) is 15.1. The summed E-state index contributed by atoms with van der Waals surface area (Å²) < 4.78 is 0. The van der Waals surface area contributed by atoms with Crippen LogP contribution in [0.15, 0.2) is 18.2 Å². The van der Waals surface area contributed by atoms with Gasteiger partial charge in [0, 0.05) is 41.7 Å². The summed E-state index contributed by atoms with van der Waals surface area (Å²) in [5.74, 6) is 0.244. The van der Waals surface area contributed by atoms with Crippen molar-refractivity contribution in [3.63, 3.8) is 0 Å². The smallest absolute Gasteiger partial charge is 0.253 e. The van der Waals surface area contributed by atoms with Gasteiger partial charge in [-0.15, -0.1) is 0 Å². The van der Waals surface area contributed by atoms with Crippen LogP contribution in [0.1, 0.15) is 40.9 Å². The third-order valence-corrected chi connectivity index (χ3v) is 5.03. The number of carbonyl (C=O) groups is 1. The lowest BCUT2D eigenvalue weighted by atomic mass is 10.0.